The summed E-state index contributed by atoms with van der Waals surface area (Å²) >= 11 is 0. The fraction of sp³-hybridized carbons (Fsp3) is 0.955. The van der Waals surface area contributed by atoms with Gasteiger partial charge in [-0.3, -0.25) is 4.79 Å². The molecular formula is C22H42O2. The Bertz CT molecular complexity index is 282. The highest BCUT2D eigenvalue weighted by Crippen LogP contribution is 2.29. The fourth-order valence-corrected chi connectivity index (χ4v) is 4.13. The lowest BCUT2D eigenvalue weighted by atomic mass is 9.99. The van der Waals surface area contributed by atoms with Crippen LogP contribution in [0.4, 0.5) is 0 Å². The molecule has 0 amide bonds. The van der Waals surface area contributed by atoms with Gasteiger partial charge in [-0.25, -0.2) is 0 Å². The minimum atomic E-state index is -0.649. The van der Waals surface area contributed by atoms with Gasteiger partial charge in [-0.1, -0.05) is 116 Å². The first-order valence-corrected chi connectivity index (χ1v) is 11.0. The van der Waals surface area contributed by atoms with E-state index in [4.69, 9.17) is 5.11 Å². The standard InChI is InChI=1S/C22H42O2/c23-22(24)20-14-12-10-8-6-4-2-1-3-5-7-9-11-13-17-21-18-15-16-19-21/h21H,1-20H2,(H,23,24). The Labute approximate surface area is 150 Å². The Morgan fingerprint density at radius 3 is 1.42 bits per heavy atom. The first-order chi connectivity index (χ1) is 11.8. The molecule has 0 aromatic rings. The van der Waals surface area contributed by atoms with Crippen molar-refractivity contribution in [2.75, 3.05) is 0 Å². The van der Waals surface area contributed by atoms with Crippen LogP contribution in [0.3, 0.4) is 0 Å². The summed E-state index contributed by atoms with van der Waals surface area (Å²) < 4.78 is 0. The van der Waals surface area contributed by atoms with Gasteiger partial charge in [-0.15, -0.1) is 0 Å². The van der Waals surface area contributed by atoms with Gasteiger partial charge < -0.3 is 5.11 Å². The first-order valence-electron chi connectivity index (χ1n) is 11.0. The van der Waals surface area contributed by atoms with E-state index in [-0.39, 0.29) is 0 Å². The fourth-order valence-electron chi connectivity index (χ4n) is 4.13. The number of carbonyl (C=O) groups is 1. The normalized spacial score (nSPS) is 15.2. The second kappa shape index (κ2) is 16.0. The van der Waals surface area contributed by atoms with E-state index in [1.807, 2.05) is 0 Å². The van der Waals surface area contributed by atoms with Crippen LogP contribution < -0.4 is 0 Å². The minimum Gasteiger partial charge on any atom is -0.481 e. The summed E-state index contributed by atoms with van der Waals surface area (Å²) in [5.74, 6) is 0.436. The van der Waals surface area contributed by atoms with Crippen molar-refractivity contribution in [1.29, 1.82) is 0 Å². The largest absolute Gasteiger partial charge is 0.481 e. The van der Waals surface area contributed by atoms with E-state index < -0.39 is 5.97 Å². The summed E-state index contributed by atoms with van der Waals surface area (Å²) in [6, 6.07) is 0. The van der Waals surface area contributed by atoms with Gasteiger partial charge in [0.1, 0.15) is 0 Å². The quantitative estimate of drug-likeness (QED) is 0.279. The maximum atomic E-state index is 10.4. The van der Waals surface area contributed by atoms with Gasteiger partial charge in [-0.2, -0.15) is 0 Å². The predicted octanol–water partition coefficient (Wildman–Crippen LogP) is 7.50. The lowest BCUT2D eigenvalue weighted by Gasteiger charge is -2.08. The zero-order chi connectivity index (χ0) is 17.3. The molecule has 0 radical (unpaired) electrons. The van der Waals surface area contributed by atoms with Crippen LogP contribution in [0.25, 0.3) is 0 Å². The molecule has 2 heteroatoms. The van der Waals surface area contributed by atoms with Crippen LogP contribution in [0.2, 0.25) is 0 Å². The van der Waals surface area contributed by atoms with Crippen molar-refractivity contribution in [3.8, 4) is 0 Å². The zero-order valence-electron chi connectivity index (χ0n) is 16.1. The third-order valence-electron chi connectivity index (χ3n) is 5.73. The average molecular weight is 339 g/mol. The summed E-state index contributed by atoms with van der Waals surface area (Å²) in [6.07, 6.45) is 26.6. The number of hydrogen-bond donors (Lipinski definition) is 1. The van der Waals surface area contributed by atoms with Crippen LogP contribution in [0.1, 0.15) is 128 Å². The van der Waals surface area contributed by atoms with Gasteiger partial charge in [0, 0.05) is 6.42 Å². The van der Waals surface area contributed by atoms with Crippen molar-refractivity contribution in [1.82, 2.24) is 0 Å². The molecule has 1 aliphatic rings. The molecular weight excluding hydrogens is 296 g/mol. The lowest BCUT2D eigenvalue weighted by molar-refractivity contribution is -0.137. The molecule has 1 N–H and O–H groups in total. The van der Waals surface area contributed by atoms with Crippen molar-refractivity contribution >= 4 is 5.97 Å². The van der Waals surface area contributed by atoms with Crippen molar-refractivity contribution in [3.05, 3.63) is 0 Å². The Kier molecular flexibility index (Phi) is 14.3. The van der Waals surface area contributed by atoms with Crippen LogP contribution in [-0.2, 0) is 4.79 Å². The molecule has 0 bridgehead atoms. The van der Waals surface area contributed by atoms with Gasteiger partial charge in [-0.05, 0) is 12.3 Å². The summed E-state index contributed by atoms with van der Waals surface area (Å²) in [6.45, 7) is 0. The van der Waals surface area contributed by atoms with E-state index in [2.05, 4.69) is 0 Å². The highest BCUT2D eigenvalue weighted by atomic mass is 16.4. The molecule has 0 saturated heterocycles. The van der Waals surface area contributed by atoms with Crippen LogP contribution in [-0.4, -0.2) is 11.1 Å². The molecule has 0 aromatic carbocycles. The molecule has 0 spiro atoms. The van der Waals surface area contributed by atoms with Crippen LogP contribution in [0.15, 0.2) is 0 Å². The summed E-state index contributed by atoms with van der Waals surface area (Å²) in [7, 11) is 0. The molecule has 0 aromatic heterocycles. The SMILES string of the molecule is O=C(O)CCCCCCCCCCCCCCCCC1CCCC1. The van der Waals surface area contributed by atoms with E-state index in [1.165, 1.54) is 109 Å². The van der Waals surface area contributed by atoms with E-state index in [0.717, 1.165) is 18.8 Å². The Morgan fingerprint density at radius 2 is 1.00 bits per heavy atom. The van der Waals surface area contributed by atoms with Crippen molar-refractivity contribution in [3.63, 3.8) is 0 Å². The Morgan fingerprint density at radius 1 is 0.625 bits per heavy atom. The van der Waals surface area contributed by atoms with Gasteiger partial charge in [0.05, 0.1) is 0 Å². The molecule has 0 unspecified atom stereocenters. The number of rotatable bonds is 17. The molecule has 1 fully saturated rings. The number of carboxylic acids is 1. The number of carboxylic acid groups (broad SMARTS) is 1. The smallest absolute Gasteiger partial charge is 0.303 e. The Balaban J connectivity index is 1.65. The third-order valence-corrected chi connectivity index (χ3v) is 5.73. The van der Waals surface area contributed by atoms with Gasteiger partial charge >= 0.3 is 5.97 Å². The number of aliphatic carboxylic acids is 1. The second-order valence-electron chi connectivity index (χ2n) is 8.03. The lowest BCUT2D eigenvalue weighted by Crippen LogP contribution is -1.93. The van der Waals surface area contributed by atoms with E-state index >= 15 is 0 Å². The molecule has 1 aliphatic carbocycles. The second-order valence-corrected chi connectivity index (χ2v) is 8.03. The summed E-state index contributed by atoms with van der Waals surface area (Å²) in [5, 5.41) is 8.56. The molecule has 0 atom stereocenters. The van der Waals surface area contributed by atoms with Crippen LogP contribution in [0.5, 0.6) is 0 Å². The summed E-state index contributed by atoms with van der Waals surface area (Å²) in [4.78, 5) is 10.4. The molecule has 24 heavy (non-hydrogen) atoms. The van der Waals surface area contributed by atoms with Gasteiger partial charge in [0.25, 0.3) is 0 Å². The van der Waals surface area contributed by atoms with E-state index in [9.17, 15) is 4.79 Å². The topological polar surface area (TPSA) is 37.3 Å². The average Bonchev–Trinajstić information content (AvgIpc) is 3.07. The molecule has 142 valence electrons. The Hall–Kier alpha value is -0.530. The molecule has 0 heterocycles. The van der Waals surface area contributed by atoms with Crippen molar-refractivity contribution in [2.45, 2.75) is 128 Å². The minimum absolute atomic E-state index is 0.348. The van der Waals surface area contributed by atoms with E-state index in [0.29, 0.717) is 6.42 Å². The molecule has 1 rings (SSSR count). The number of hydrogen-bond acceptors (Lipinski definition) is 1. The van der Waals surface area contributed by atoms with Crippen molar-refractivity contribution < 1.29 is 9.90 Å². The molecule has 0 aliphatic heterocycles. The highest BCUT2D eigenvalue weighted by Gasteiger charge is 2.13. The zero-order valence-corrected chi connectivity index (χ0v) is 16.1. The molecule has 1 saturated carbocycles. The first kappa shape index (κ1) is 21.5. The van der Waals surface area contributed by atoms with Crippen molar-refractivity contribution in [2.24, 2.45) is 5.92 Å². The highest BCUT2D eigenvalue weighted by molar-refractivity contribution is 5.66. The third kappa shape index (κ3) is 13.9. The van der Waals surface area contributed by atoms with Gasteiger partial charge in [0.15, 0.2) is 0 Å². The van der Waals surface area contributed by atoms with E-state index in [1.54, 1.807) is 0 Å². The molecule has 2 nitrogen and oxygen atoms in total. The van der Waals surface area contributed by atoms with Gasteiger partial charge in [0.2, 0.25) is 0 Å². The number of unbranched alkanes of at least 4 members (excludes halogenated alkanes) is 13. The van der Waals surface area contributed by atoms with Crippen LogP contribution in [0, 0.1) is 5.92 Å². The summed E-state index contributed by atoms with van der Waals surface area (Å²) in [5.41, 5.74) is 0. The maximum Gasteiger partial charge on any atom is 0.303 e. The van der Waals surface area contributed by atoms with Crippen LogP contribution >= 0.6 is 0 Å². The maximum absolute atomic E-state index is 10.4. The monoisotopic (exact) mass is 338 g/mol. The predicted molar refractivity (Wildman–Crippen MR) is 103 cm³/mol.